The number of benzene rings is 1. The quantitative estimate of drug-likeness (QED) is 0.834. The van der Waals surface area contributed by atoms with Crippen LogP contribution in [0.25, 0.3) is 0 Å². The second kappa shape index (κ2) is 7.29. The van der Waals surface area contributed by atoms with Gasteiger partial charge < -0.3 is 19.7 Å². The number of carbonyl (C=O) groups excluding carboxylic acids is 2. The van der Waals surface area contributed by atoms with E-state index in [-0.39, 0.29) is 13.2 Å². The van der Waals surface area contributed by atoms with E-state index in [9.17, 15) is 19.8 Å². The van der Waals surface area contributed by atoms with Crippen LogP contribution in [-0.4, -0.2) is 57.6 Å². The molecule has 0 aliphatic carbocycles. The fourth-order valence-electron chi connectivity index (χ4n) is 2.58. The van der Waals surface area contributed by atoms with Crippen molar-refractivity contribution < 1.29 is 29.3 Å². The van der Waals surface area contributed by atoms with Crippen molar-refractivity contribution in [2.24, 2.45) is 0 Å². The second-order valence-electron chi connectivity index (χ2n) is 6.30. The third kappa shape index (κ3) is 4.11. The molecule has 0 unspecified atom stereocenters. The monoisotopic (exact) mass is 337 g/mol. The highest BCUT2D eigenvalue weighted by Gasteiger charge is 2.47. The summed E-state index contributed by atoms with van der Waals surface area (Å²) in [7, 11) is 0. The third-order valence-electron chi connectivity index (χ3n) is 4.00. The zero-order valence-corrected chi connectivity index (χ0v) is 14.0. The molecule has 0 saturated carbocycles. The van der Waals surface area contributed by atoms with Crippen LogP contribution in [0.15, 0.2) is 30.3 Å². The van der Waals surface area contributed by atoms with E-state index in [0.29, 0.717) is 0 Å². The van der Waals surface area contributed by atoms with Crippen molar-refractivity contribution >= 4 is 11.9 Å². The summed E-state index contributed by atoms with van der Waals surface area (Å²) in [4.78, 5) is 24.9. The molecule has 1 aromatic carbocycles. The van der Waals surface area contributed by atoms with Crippen LogP contribution in [0, 0.1) is 0 Å². The van der Waals surface area contributed by atoms with Crippen LogP contribution in [0.3, 0.4) is 0 Å². The lowest BCUT2D eigenvalue weighted by molar-refractivity contribution is -0.145. The fourth-order valence-corrected chi connectivity index (χ4v) is 2.58. The first-order chi connectivity index (χ1) is 11.2. The first-order valence-corrected chi connectivity index (χ1v) is 7.75. The van der Waals surface area contributed by atoms with E-state index in [1.54, 1.807) is 13.8 Å². The van der Waals surface area contributed by atoms with Crippen molar-refractivity contribution in [2.45, 2.75) is 51.4 Å². The molecule has 1 aliphatic heterocycles. The highest BCUT2D eigenvalue weighted by Crippen LogP contribution is 2.30. The molecule has 7 nitrogen and oxygen atoms in total. The lowest BCUT2D eigenvalue weighted by Gasteiger charge is -2.29. The second-order valence-corrected chi connectivity index (χ2v) is 6.30. The molecule has 1 aromatic rings. The van der Waals surface area contributed by atoms with Crippen molar-refractivity contribution in [1.29, 1.82) is 0 Å². The number of hydrogen-bond donors (Lipinski definition) is 2. The molecule has 1 aliphatic rings. The van der Waals surface area contributed by atoms with Gasteiger partial charge in [-0.3, -0.25) is 9.69 Å². The van der Waals surface area contributed by atoms with Crippen LogP contribution in [-0.2, 0) is 20.9 Å². The standard InChI is InChI=1S/C17H23NO6/c1-11(19)14(20)15(21)13-9-18(17(2,3)24-13)16(22)23-10-12-7-5-4-6-8-12/h4-8,13-15,20-21H,9-10H2,1-3H3/t13-,14-,15-/m0/s1. The maximum Gasteiger partial charge on any atom is 0.412 e. The summed E-state index contributed by atoms with van der Waals surface area (Å²) < 4.78 is 10.9. The molecule has 2 rings (SSSR count). The molecule has 3 atom stereocenters. The molecule has 0 bridgehead atoms. The molecule has 1 amide bonds. The van der Waals surface area contributed by atoms with Crippen molar-refractivity contribution in [3.63, 3.8) is 0 Å². The molecular weight excluding hydrogens is 314 g/mol. The van der Waals surface area contributed by atoms with E-state index in [0.717, 1.165) is 5.56 Å². The van der Waals surface area contributed by atoms with Crippen LogP contribution in [0.4, 0.5) is 4.79 Å². The predicted molar refractivity (Wildman–Crippen MR) is 85.0 cm³/mol. The lowest BCUT2D eigenvalue weighted by Crippen LogP contribution is -2.44. The fraction of sp³-hybridized carbons (Fsp3) is 0.529. The summed E-state index contributed by atoms with van der Waals surface area (Å²) in [5.74, 6) is -0.561. The number of Topliss-reactive ketones (excluding diaryl/α,β-unsaturated/α-hetero) is 1. The Hall–Kier alpha value is -1.96. The average Bonchev–Trinajstić information content (AvgIpc) is 2.87. The smallest absolute Gasteiger partial charge is 0.412 e. The topological polar surface area (TPSA) is 96.3 Å². The third-order valence-corrected chi connectivity index (χ3v) is 4.00. The van der Waals surface area contributed by atoms with Gasteiger partial charge in [-0.1, -0.05) is 30.3 Å². The molecule has 24 heavy (non-hydrogen) atoms. The van der Waals surface area contributed by atoms with E-state index in [2.05, 4.69) is 0 Å². The molecule has 2 N–H and O–H groups in total. The van der Waals surface area contributed by atoms with Gasteiger partial charge in [0, 0.05) is 0 Å². The van der Waals surface area contributed by atoms with Gasteiger partial charge in [0.1, 0.15) is 30.6 Å². The van der Waals surface area contributed by atoms with Gasteiger partial charge in [0.15, 0.2) is 5.78 Å². The molecule has 132 valence electrons. The molecule has 0 radical (unpaired) electrons. The van der Waals surface area contributed by atoms with Gasteiger partial charge in [-0.15, -0.1) is 0 Å². The largest absolute Gasteiger partial charge is 0.444 e. The molecule has 1 saturated heterocycles. The van der Waals surface area contributed by atoms with Crippen LogP contribution in [0.1, 0.15) is 26.3 Å². The molecular formula is C17H23NO6. The molecule has 0 spiro atoms. The number of aliphatic hydroxyl groups is 2. The van der Waals surface area contributed by atoms with Crippen LogP contribution >= 0.6 is 0 Å². The minimum atomic E-state index is -1.55. The number of carbonyl (C=O) groups is 2. The number of hydrogen-bond acceptors (Lipinski definition) is 6. The van der Waals surface area contributed by atoms with E-state index in [1.165, 1.54) is 11.8 Å². The van der Waals surface area contributed by atoms with Crippen molar-refractivity contribution in [3.05, 3.63) is 35.9 Å². The Morgan fingerprint density at radius 3 is 2.54 bits per heavy atom. The first kappa shape index (κ1) is 18.4. The van der Waals surface area contributed by atoms with E-state index < -0.39 is 35.9 Å². The number of ketones is 1. The van der Waals surface area contributed by atoms with Crippen molar-refractivity contribution in [1.82, 2.24) is 4.90 Å². The van der Waals surface area contributed by atoms with Gasteiger partial charge >= 0.3 is 6.09 Å². The molecule has 1 heterocycles. The summed E-state index contributed by atoms with van der Waals surface area (Å²) in [5, 5.41) is 19.7. The Labute approximate surface area is 140 Å². The van der Waals surface area contributed by atoms with Gasteiger partial charge in [0.05, 0.1) is 6.54 Å². The highest BCUT2D eigenvalue weighted by atomic mass is 16.6. The summed E-state index contributed by atoms with van der Waals surface area (Å²) in [6.45, 7) is 4.63. The van der Waals surface area contributed by atoms with Crippen LogP contribution in [0.2, 0.25) is 0 Å². The van der Waals surface area contributed by atoms with E-state index in [4.69, 9.17) is 9.47 Å². The predicted octanol–water partition coefficient (Wildman–Crippen LogP) is 1.07. The van der Waals surface area contributed by atoms with Gasteiger partial charge in [0.2, 0.25) is 0 Å². The van der Waals surface area contributed by atoms with E-state index in [1.807, 2.05) is 30.3 Å². The molecule has 0 aromatic heterocycles. The zero-order valence-electron chi connectivity index (χ0n) is 14.0. The summed E-state index contributed by atoms with van der Waals surface area (Å²) in [6, 6.07) is 9.25. The van der Waals surface area contributed by atoms with Crippen molar-refractivity contribution in [2.75, 3.05) is 6.54 Å². The minimum absolute atomic E-state index is 0.0200. The Kier molecular flexibility index (Phi) is 5.58. The molecule has 1 fully saturated rings. The van der Waals surface area contributed by atoms with E-state index >= 15 is 0 Å². The Balaban J connectivity index is 1.99. The van der Waals surface area contributed by atoms with Crippen molar-refractivity contribution in [3.8, 4) is 0 Å². The maximum atomic E-state index is 12.3. The average molecular weight is 337 g/mol. The van der Waals surface area contributed by atoms with Gasteiger partial charge in [0.25, 0.3) is 0 Å². The SMILES string of the molecule is CC(=O)[C@H](O)[C@@H](O)[C@@H]1CN(C(=O)OCc2ccccc2)C(C)(C)O1. The maximum absolute atomic E-state index is 12.3. The number of rotatable bonds is 5. The zero-order chi connectivity index (χ0) is 17.9. The van der Waals surface area contributed by atoms with Crippen LogP contribution in [0.5, 0.6) is 0 Å². The summed E-state index contributed by atoms with van der Waals surface area (Å²) in [6.07, 6.45) is -4.42. The van der Waals surface area contributed by atoms with Gasteiger partial charge in [-0.05, 0) is 26.3 Å². The van der Waals surface area contributed by atoms with Gasteiger partial charge in [-0.25, -0.2) is 4.79 Å². The number of aliphatic hydroxyl groups excluding tert-OH is 2. The first-order valence-electron chi connectivity index (χ1n) is 7.75. The normalized spacial score (nSPS) is 22.0. The minimum Gasteiger partial charge on any atom is -0.444 e. The number of amides is 1. The Morgan fingerprint density at radius 1 is 1.33 bits per heavy atom. The van der Waals surface area contributed by atoms with Gasteiger partial charge in [-0.2, -0.15) is 0 Å². The summed E-state index contributed by atoms with van der Waals surface area (Å²) in [5.41, 5.74) is -0.164. The molecule has 7 heteroatoms. The summed E-state index contributed by atoms with van der Waals surface area (Å²) >= 11 is 0. The number of nitrogens with zero attached hydrogens (tertiary/aromatic N) is 1. The lowest BCUT2D eigenvalue weighted by atomic mass is 10.1. The van der Waals surface area contributed by atoms with Crippen LogP contribution < -0.4 is 0 Å². The number of ether oxygens (including phenoxy) is 2. The Morgan fingerprint density at radius 2 is 1.96 bits per heavy atom. The Bertz CT molecular complexity index is 588. The highest BCUT2D eigenvalue weighted by molar-refractivity contribution is 5.80.